The molecule has 1 saturated heterocycles. The van der Waals surface area contributed by atoms with Gasteiger partial charge in [-0.15, -0.1) is 0 Å². The Hall–Kier alpha value is -1.75. The molecule has 5 nitrogen and oxygen atoms in total. The summed E-state index contributed by atoms with van der Waals surface area (Å²) >= 11 is 6.03. The first-order chi connectivity index (χ1) is 11.0. The summed E-state index contributed by atoms with van der Waals surface area (Å²) in [5, 5.41) is 6.29. The number of hydrogen-bond acceptors (Lipinski definition) is 2. The number of amides is 3. The number of hydrogen-bond donors (Lipinski definition) is 2. The lowest BCUT2D eigenvalue weighted by Crippen LogP contribution is -2.49. The van der Waals surface area contributed by atoms with Gasteiger partial charge in [-0.3, -0.25) is 4.79 Å². The summed E-state index contributed by atoms with van der Waals surface area (Å²) in [6.45, 7) is 5.89. The van der Waals surface area contributed by atoms with Crippen LogP contribution >= 0.6 is 11.6 Å². The van der Waals surface area contributed by atoms with E-state index in [9.17, 15) is 9.59 Å². The van der Waals surface area contributed by atoms with Crippen molar-refractivity contribution in [1.82, 2.24) is 15.5 Å². The maximum Gasteiger partial charge on any atom is 0.317 e. The summed E-state index contributed by atoms with van der Waals surface area (Å²) in [5.41, 5.74) is 0.486. The molecule has 1 unspecified atom stereocenters. The normalized spacial score (nSPS) is 17.9. The summed E-state index contributed by atoms with van der Waals surface area (Å²) in [4.78, 5) is 26.1. The molecule has 1 aliphatic heterocycles. The van der Waals surface area contributed by atoms with E-state index in [1.165, 1.54) is 0 Å². The number of rotatable bonds is 4. The van der Waals surface area contributed by atoms with Crippen molar-refractivity contribution in [2.75, 3.05) is 19.6 Å². The third-order valence-corrected chi connectivity index (χ3v) is 4.22. The van der Waals surface area contributed by atoms with Gasteiger partial charge in [-0.25, -0.2) is 4.79 Å². The largest absolute Gasteiger partial charge is 0.352 e. The van der Waals surface area contributed by atoms with Crippen LogP contribution in [-0.4, -0.2) is 42.5 Å². The van der Waals surface area contributed by atoms with Gasteiger partial charge < -0.3 is 15.5 Å². The molecule has 2 rings (SSSR count). The highest BCUT2D eigenvalue weighted by Crippen LogP contribution is 2.17. The standard InChI is InChI=1S/C17H24ClN3O2/c1-12(2)20-17(23)21-9-5-6-13(11-21)10-19-16(22)14-7-3-4-8-15(14)18/h3-4,7-8,12-13H,5-6,9-11H2,1-2H3,(H,19,22)(H,20,23). The number of urea groups is 1. The second-order valence-corrected chi connectivity index (χ2v) is 6.66. The summed E-state index contributed by atoms with van der Waals surface area (Å²) in [5.74, 6) is 0.104. The number of nitrogens with one attached hydrogen (secondary N) is 2. The van der Waals surface area contributed by atoms with E-state index < -0.39 is 0 Å². The zero-order valence-corrected chi connectivity index (χ0v) is 14.4. The zero-order valence-electron chi connectivity index (χ0n) is 13.6. The number of nitrogens with zero attached hydrogens (tertiary/aromatic N) is 1. The number of carbonyl (C=O) groups excluding carboxylic acids is 2. The molecule has 1 aromatic carbocycles. The second kappa shape index (κ2) is 8.20. The topological polar surface area (TPSA) is 61.4 Å². The lowest BCUT2D eigenvalue weighted by atomic mass is 9.98. The Bertz CT molecular complexity index is 563. The monoisotopic (exact) mass is 337 g/mol. The summed E-state index contributed by atoms with van der Waals surface area (Å²) in [7, 11) is 0. The fourth-order valence-electron chi connectivity index (χ4n) is 2.73. The zero-order chi connectivity index (χ0) is 16.8. The number of halogens is 1. The van der Waals surface area contributed by atoms with E-state index in [2.05, 4.69) is 10.6 Å². The van der Waals surface area contributed by atoms with Crippen LogP contribution in [0.2, 0.25) is 5.02 Å². The van der Waals surface area contributed by atoms with Crippen molar-refractivity contribution in [2.24, 2.45) is 5.92 Å². The first-order valence-electron chi connectivity index (χ1n) is 8.05. The van der Waals surface area contributed by atoms with Gasteiger partial charge in [-0.1, -0.05) is 23.7 Å². The van der Waals surface area contributed by atoms with E-state index in [4.69, 9.17) is 11.6 Å². The van der Waals surface area contributed by atoms with E-state index in [-0.39, 0.29) is 23.9 Å². The van der Waals surface area contributed by atoms with Crippen molar-refractivity contribution in [1.29, 1.82) is 0 Å². The smallest absolute Gasteiger partial charge is 0.317 e. The predicted octanol–water partition coefficient (Wildman–Crippen LogP) is 2.90. The molecule has 0 saturated carbocycles. The molecule has 0 aromatic heterocycles. The molecule has 0 radical (unpaired) electrons. The van der Waals surface area contributed by atoms with Crippen molar-refractivity contribution in [2.45, 2.75) is 32.7 Å². The minimum absolute atomic E-state index is 0.0258. The number of benzene rings is 1. The van der Waals surface area contributed by atoms with Crippen LogP contribution in [0.3, 0.4) is 0 Å². The third kappa shape index (κ3) is 5.13. The van der Waals surface area contributed by atoms with Gasteiger partial charge in [0, 0.05) is 25.7 Å². The minimum Gasteiger partial charge on any atom is -0.352 e. The quantitative estimate of drug-likeness (QED) is 0.887. The lowest BCUT2D eigenvalue weighted by Gasteiger charge is -2.33. The number of likely N-dealkylation sites (tertiary alicyclic amines) is 1. The second-order valence-electron chi connectivity index (χ2n) is 6.25. The average molecular weight is 338 g/mol. The Kier molecular flexibility index (Phi) is 6.28. The van der Waals surface area contributed by atoms with Crippen molar-refractivity contribution in [3.05, 3.63) is 34.9 Å². The molecule has 6 heteroatoms. The van der Waals surface area contributed by atoms with Crippen LogP contribution in [0.15, 0.2) is 24.3 Å². The van der Waals surface area contributed by atoms with E-state index in [1.807, 2.05) is 18.7 Å². The molecule has 126 valence electrons. The van der Waals surface area contributed by atoms with Gasteiger partial charge in [0.1, 0.15) is 0 Å². The molecule has 1 aromatic rings. The summed E-state index contributed by atoms with van der Waals surface area (Å²) < 4.78 is 0. The van der Waals surface area contributed by atoms with Gasteiger partial charge in [0.25, 0.3) is 5.91 Å². The van der Waals surface area contributed by atoms with Crippen LogP contribution < -0.4 is 10.6 Å². The minimum atomic E-state index is -0.167. The van der Waals surface area contributed by atoms with Gasteiger partial charge in [-0.2, -0.15) is 0 Å². The molecule has 23 heavy (non-hydrogen) atoms. The van der Waals surface area contributed by atoms with Crippen molar-refractivity contribution >= 4 is 23.5 Å². The van der Waals surface area contributed by atoms with Crippen LogP contribution in [0.5, 0.6) is 0 Å². The fraction of sp³-hybridized carbons (Fsp3) is 0.529. The molecule has 0 spiro atoms. The van der Waals surface area contributed by atoms with Crippen molar-refractivity contribution in [3.63, 3.8) is 0 Å². The molecule has 2 N–H and O–H groups in total. The van der Waals surface area contributed by atoms with Crippen LogP contribution in [0, 0.1) is 5.92 Å². The Morgan fingerprint density at radius 2 is 2.09 bits per heavy atom. The van der Waals surface area contributed by atoms with E-state index >= 15 is 0 Å². The van der Waals surface area contributed by atoms with Crippen molar-refractivity contribution in [3.8, 4) is 0 Å². The van der Waals surface area contributed by atoms with E-state index in [0.29, 0.717) is 23.7 Å². The van der Waals surface area contributed by atoms with Crippen LogP contribution in [0.4, 0.5) is 4.79 Å². The SMILES string of the molecule is CC(C)NC(=O)N1CCCC(CNC(=O)c2ccccc2Cl)C1. The highest BCUT2D eigenvalue weighted by Gasteiger charge is 2.24. The molecular weight excluding hydrogens is 314 g/mol. The molecule has 1 fully saturated rings. The van der Waals surface area contributed by atoms with Crippen molar-refractivity contribution < 1.29 is 9.59 Å². The van der Waals surface area contributed by atoms with E-state index in [0.717, 1.165) is 19.4 Å². The Labute approximate surface area is 142 Å². The van der Waals surface area contributed by atoms with Gasteiger partial charge in [0.2, 0.25) is 0 Å². The average Bonchev–Trinajstić information content (AvgIpc) is 2.52. The molecule has 0 bridgehead atoms. The fourth-order valence-corrected chi connectivity index (χ4v) is 2.95. The Morgan fingerprint density at radius 1 is 1.35 bits per heavy atom. The van der Waals surface area contributed by atoms with E-state index in [1.54, 1.807) is 24.3 Å². The highest BCUT2D eigenvalue weighted by atomic mass is 35.5. The maximum atomic E-state index is 12.2. The molecule has 1 atom stereocenters. The Morgan fingerprint density at radius 3 is 2.78 bits per heavy atom. The van der Waals surface area contributed by atoms with Gasteiger partial charge >= 0.3 is 6.03 Å². The molecular formula is C17H24ClN3O2. The van der Waals surface area contributed by atoms with Crippen LogP contribution in [-0.2, 0) is 0 Å². The predicted molar refractivity (Wildman–Crippen MR) is 91.7 cm³/mol. The van der Waals surface area contributed by atoms with Gasteiger partial charge in [0.05, 0.1) is 10.6 Å². The molecule has 1 aliphatic rings. The summed E-state index contributed by atoms with van der Waals surface area (Å²) in [6, 6.07) is 7.10. The molecule has 1 heterocycles. The Balaban J connectivity index is 1.85. The summed E-state index contributed by atoms with van der Waals surface area (Å²) in [6.07, 6.45) is 1.96. The number of carbonyl (C=O) groups is 2. The van der Waals surface area contributed by atoms with Gasteiger partial charge in [0.15, 0.2) is 0 Å². The number of piperidine rings is 1. The first-order valence-corrected chi connectivity index (χ1v) is 8.43. The van der Waals surface area contributed by atoms with Crippen LogP contribution in [0.1, 0.15) is 37.0 Å². The maximum absolute atomic E-state index is 12.2. The van der Waals surface area contributed by atoms with Gasteiger partial charge in [-0.05, 0) is 44.7 Å². The van der Waals surface area contributed by atoms with Crippen LogP contribution in [0.25, 0.3) is 0 Å². The molecule has 3 amide bonds. The highest BCUT2D eigenvalue weighted by molar-refractivity contribution is 6.33. The lowest BCUT2D eigenvalue weighted by molar-refractivity contribution is 0.0937. The molecule has 0 aliphatic carbocycles. The first kappa shape index (κ1) is 17.6. The third-order valence-electron chi connectivity index (χ3n) is 3.89.